The van der Waals surface area contributed by atoms with E-state index in [1.807, 2.05) is 28.1 Å². The van der Waals surface area contributed by atoms with Crippen LogP contribution in [0.25, 0.3) is 16.2 Å². The van der Waals surface area contributed by atoms with Crippen molar-refractivity contribution < 1.29 is 13.2 Å². The number of imidazole rings is 1. The standard InChI is InChI=1S/C19H22N4O3S2/c1-14-3-5-15(6-4-14)17-12-23-16(13-27-19(23)20-17)11-18(24)21-7-9-22(10-8-21)28(2,25)26/h3-6,12-13H,7-11H2,1-2H3. The highest BCUT2D eigenvalue weighted by Gasteiger charge is 2.26. The topological polar surface area (TPSA) is 75.0 Å². The van der Waals surface area contributed by atoms with Gasteiger partial charge >= 0.3 is 0 Å². The molecule has 0 radical (unpaired) electrons. The molecule has 1 saturated heterocycles. The van der Waals surface area contributed by atoms with Crippen molar-refractivity contribution in [2.45, 2.75) is 13.3 Å². The fraction of sp³-hybridized carbons (Fsp3) is 0.368. The molecule has 1 amide bonds. The van der Waals surface area contributed by atoms with Gasteiger partial charge in [-0.15, -0.1) is 11.3 Å². The van der Waals surface area contributed by atoms with Crippen LogP contribution in [0.15, 0.2) is 35.8 Å². The quantitative estimate of drug-likeness (QED) is 0.650. The molecule has 1 fully saturated rings. The molecule has 0 aliphatic carbocycles. The molecule has 1 aromatic carbocycles. The predicted octanol–water partition coefficient (Wildman–Crippen LogP) is 2.02. The minimum absolute atomic E-state index is 0.0124. The van der Waals surface area contributed by atoms with E-state index in [1.165, 1.54) is 27.5 Å². The second kappa shape index (κ2) is 7.31. The number of aromatic nitrogens is 2. The fourth-order valence-electron chi connectivity index (χ4n) is 3.36. The average Bonchev–Trinajstić information content (AvgIpc) is 3.24. The van der Waals surface area contributed by atoms with E-state index in [2.05, 4.69) is 24.0 Å². The van der Waals surface area contributed by atoms with E-state index in [-0.39, 0.29) is 12.3 Å². The van der Waals surface area contributed by atoms with Gasteiger partial charge in [-0.3, -0.25) is 9.20 Å². The van der Waals surface area contributed by atoms with Crippen molar-refractivity contribution >= 4 is 32.2 Å². The van der Waals surface area contributed by atoms with Crippen molar-refractivity contribution in [3.05, 3.63) is 47.1 Å². The molecular formula is C19H22N4O3S2. The van der Waals surface area contributed by atoms with Gasteiger partial charge in [-0.25, -0.2) is 13.4 Å². The molecule has 1 aliphatic heterocycles. The highest BCUT2D eigenvalue weighted by atomic mass is 32.2. The third-order valence-corrected chi connectivity index (χ3v) is 7.22. The van der Waals surface area contributed by atoms with Crippen LogP contribution in [0.1, 0.15) is 11.3 Å². The van der Waals surface area contributed by atoms with Crippen molar-refractivity contribution in [3.8, 4) is 11.3 Å². The predicted molar refractivity (Wildman–Crippen MR) is 110 cm³/mol. The third kappa shape index (κ3) is 3.82. The van der Waals surface area contributed by atoms with Crippen molar-refractivity contribution in [3.63, 3.8) is 0 Å². The maximum atomic E-state index is 12.7. The van der Waals surface area contributed by atoms with Crippen LogP contribution < -0.4 is 0 Å². The van der Waals surface area contributed by atoms with Crippen molar-refractivity contribution in [2.75, 3.05) is 32.4 Å². The van der Waals surface area contributed by atoms with E-state index in [9.17, 15) is 13.2 Å². The van der Waals surface area contributed by atoms with Gasteiger partial charge in [0.05, 0.1) is 18.4 Å². The number of fused-ring (bicyclic) bond motifs is 1. The Labute approximate surface area is 168 Å². The van der Waals surface area contributed by atoms with Crippen molar-refractivity contribution in [1.29, 1.82) is 0 Å². The number of hydrogen-bond acceptors (Lipinski definition) is 5. The Morgan fingerprint density at radius 3 is 2.46 bits per heavy atom. The highest BCUT2D eigenvalue weighted by Crippen LogP contribution is 2.24. The number of hydrogen-bond donors (Lipinski definition) is 0. The normalized spacial score (nSPS) is 16.0. The van der Waals surface area contributed by atoms with E-state index < -0.39 is 10.0 Å². The maximum Gasteiger partial charge on any atom is 0.228 e. The summed E-state index contributed by atoms with van der Waals surface area (Å²) in [5.74, 6) is 0.0124. The van der Waals surface area contributed by atoms with Gasteiger partial charge in [0.25, 0.3) is 0 Å². The summed E-state index contributed by atoms with van der Waals surface area (Å²) in [7, 11) is -3.20. The molecule has 0 unspecified atom stereocenters. The molecule has 7 nitrogen and oxygen atoms in total. The van der Waals surface area contributed by atoms with Gasteiger partial charge in [0.2, 0.25) is 15.9 Å². The molecule has 28 heavy (non-hydrogen) atoms. The van der Waals surface area contributed by atoms with Gasteiger partial charge in [-0.1, -0.05) is 29.8 Å². The first kappa shape index (κ1) is 19.1. The molecule has 0 bridgehead atoms. The summed E-state index contributed by atoms with van der Waals surface area (Å²) in [6.45, 7) is 3.61. The fourth-order valence-corrected chi connectivity index (χ4v) is 5.06. The van der Waals surface area contributed by atoms with Crippen LogP contribution in [-0.4, -0.2) is 65.3 Å². The lowest BCUT2D eigenvalue weighted by Crippen LogP contribution is -2.50. The lowest BCUT2D eigenvalue weighted by molar-refractivity contribution is -0.131. The first-order valence-electron chi connectivity index (χ1n) is 9.07. The Bertz CT molecular complexity index is 1110. The van der Waals surface area contributed by atoms with Gasteiger partial charge in [0, 0.05) is 49.0 Å². The van der Waals surface area contributed by atoms with Crippen LogP contribution in [-0.2, 0) is 21.2 Å². The lowest BCUT2D eigenvalue weighted by Gasteiger charge is -2.33. The van der Waals surface area contributed by atoms with E-state index >= 15 is 0 Å². The zero-order valence-electron chi connectivity index (χ0n) is 15.8. The Morgan fingerprint density at radius 2 is 1.82 bits per heavy atom. The summed E-state index contributed by atoms with van der Waals surface area (Å²) >= 11 is 1.52. The minimum atomic E-state index is -3.20. The Balaban J connectivity index is 1.48. The van der Waals surface area contributed by atoms with Crippen LogP contribution in [0.3, 0.4) is 0 Å². The number of piperazine rings is 1. The van der Waals surface area contributed by atoms with Gasteiger partial charge in [0.15, 0.2) is 4.96 Å². The smallest absolute Gasteiger partial charge is 0.228 e. The first-order chi connectivity index (χ1) is 13.3. The van der Waals surface area contributed by atoms with Gasteiger partial charge in [-0.2, -0.15) is 4.31 Å². The molecule has 3 aromatic rings. The summed E-state index contributed by atoms with van der Waals surface area (Å²) in [6, 6.07) is 8.22. The second-order valence-electron chi connectivity index (χ2n) is 7.09. The average molecular weight is 419 g/mol. The number of nitrogens with zero attached hydrogens (tertiary/aromatic N) is 4. The number of aryl methyl sites for hydroxylation is 1. The number of amides is 1. The number of sulfonamides is 1. The summed E-state index contributed by atoms with van der Waals surface area (Å²) in [5.41, 5.74) is 4.05. The SMILES string of the molecule is Cc1ccc(-c2cn3c(CC(=O)N4CCN(S(C)(=O)=O)CC4)csc3n2)cc1. The minimum Gasteiger partial charge on any atom is -0.340 e. The molecular weight excluding hydrogens is 396 g/mol. The number of rotatable bonds is 4. The Hall–Kier alpha value is -2.23. The van der Waals surface area contributed by atoms with Crippen molar-refractivity contribution in [2.24, 2.45) is 0 Å². The van der Waals surface area contributed by atoms with Crippen LogP contribution in [0.5, 0.6) is 0 Å². The van der Waals surface area contributed by atoms with E-state index in [0.29, 0.717) is 26.2 Å². The van der Waals surface area contributed by atoms with Crippen LogP contribution >= 0.6 is 11.3 Å². The zero-order chi connectivity index (χ0) is 19.9. The summed E-state index contributed by atoms with van der Waals surface area (Å²) in [4.78, 5) is 20.0. The maximum absolute atomic E-state index is 12.7. The van der Waals surface area contributed by atoms with E-state index in [0.717, 1.165) is 21.9 Å². The highest BCUT2D eigenvalue weighted by molar-refractivity contribution is 7.88. The van der Waals surface area contributed by atoms with Gasteiger partial charge < -0.3 is 4.90 Å². The van der Waals surface area contributed by atoms with Gasteiger partial charge in [0.1, 0.15) is 0 Å². The van der Waals surface area contributed by atoms with Crippen molar-refractivity contribution in [1.82, 2.24) is 18.6 Å². The van der Waals surface area contributed by atoms with Crippen LogP contribution in [0.4, 0.5) is 0 Å². The number of benzene rings is 1. The number of carbonyl (C=O) groups excluding carboxylic acids is 1. The lowest BCUT2D eigenvalue weighted by atomic mass is 10.1. The summed E-state index contributed by atoms with van der Waals surface area (Å²) < 4.78 is 26.6. The van der Waals surface area contributed by atoms with E-state index in [4.69, 9.17) is 0 Å². The molecule has 0 saturated carbocycles. The monoisotopic (exact) mass is 418 g/mol. The van der Waals surface area contributed by atoms with E-state index in [1.54, 1.807) is 4.90 Å². The molecule has 0 N–H and O–H groups in total. The van der Waals surface area contributed by atoms with Crippen LogP contribution in [0.2, 0.25) is 0 Å². The number of thiazole rings is 1. The van der Waals surface area contributed by atoms with Crippen LogP contribution in [0, 0.1) is 6.92 Å². The Morgan fingerprint density at radius 1 is 1.14 bits per heavy atom. The molecule has 0 atom stereocenters. The molecule has 1 aliphatic rings. The first-order valence-corrected chi connectivity index (χ1v) is 11.8. The third-order valence-electron chi connectivity index (χ3n) is 5.02. The molecule has 4 rings (SSSR count). The summed E-state index contributed by atoms with van der Waals surface area (Å²) in [6.07, 6.45) is 3.46. The molecule has 9 heteroatoms. The summed E-state index contributed by atoms with van der Waals surface area (Å²) in [5, 5.41) is 1.96. The molecule has 148 valence electrons. The largest absolute Gasteiger partial charge is 0.340 e. The number of carbonyl (C=O) groups is 1. The molecule has 3 heterocycles. The van der Waals surface area contributed by atoms with Gasteiger partial charge in [-0.05, 0) is 6.92 Å². The second-order valence-corrected chi connectivity index (χ2v) is 9.91. The Kier molecular flexibility index (Phi) is 4.98. The molecule has 0 spiro atoms. The molecule has 2 aromatic heterocycles. The zero-order valence-corrected chi connectivity index (χ0v) is 17.5.